The minimum atomic E-state index is -0.160. The van der Waals surface area contributed by atoms with Gasteiger partial charge in [0.2, 0.25) is 0 Å². The maximum absolute atomic E-state index is 10.9. The summed E-state index contributed by atoms with van der Waals surface area (Å²) in [5.74, 6) is -0.0891. The summed E-state index contributed by atoms with van der Waals surface area (Å²) in [7, 11) is 0. The van der Waals surface area contributed by atoms with Crippen LogP contribution in [0.15, 0.2) is 0 Å². The van der Waals surface area contributed by atoms with Crippen LogP contribution >= 0.6 is 15.9 Å². The van der Waals surface area contributed by atoms with Crippen molar-refractivity contribution in [1.29, 1.82) is 0 Å². The Balaban J connectivity index is 2.41. The molecule has 0 amide bonds. The van der Waals surface area contributed by atoms with Gasteiger partial charge in [-0.15, -0.1) is 0 Å². The van der Waals surface area contributed by atoms with Gasteiger partial charge >= 0.3 is 5.97 Å². The fraction of sp³-hybridized carbons (Fsp3) is 0.875. The van der Waals surface area contributed by atoms with Crippen LogP contribution in [0.25, 0.3) is 0 Å². The molecule has 0 radical (unpaired) electrons. The van der Waals surface area contributed by atoms with Gasteiger partial charge in [0.1, 0.15) is 5.60 Å². The zero-order valence-electron chi connectivity index (χ0n) is 6.89. The third-order valence-electron chi connectivity index (χ3n) is 2.07. The first kappa shape index (κ1) is 9.04. The quantitative estimate of drug-likeness (QED) is 0.539. The molecule has 1 saturated carbocycles. The Labute approximate surface area is 75.4 Å². The fourth-order valence-corrected chi connectivity index (χ4v) is 1.55. The van der Waals surface area contributed by atoms with Crippen molar-refractivity contribution >= 4 is 21.9 Å². The first-order valence-electron chi connectivity index (χ1n) is 3.96. The SMILES string of the molecule is CCC(=O)OC1(C(C)Br)CC1. The molecule has 0 N–H and O–H groups in total. The third-order valence-corrected chi connectivity index (χ3v) is 2.91. The van der Waals surface area contributed by atoms with Gasteiger partial charge in [-0.05, 0) is 19.8 Å². The van der Waals surface area contributed by atoms with E-state index in [4.69, 9.17) is 4.74 Å². The van der Waals surface area contributed by atoms with E-state index in [2.05, 4.69) is 15.9 Å². The van der Waals surface area contributed by atoms with E-state index in [-0.39, 0.29) is 16.4 Å². The van der Waals surface area contributed by atoms with Crippen LogP contribution in [0, 0.1) is 0 Å². The van der Waals surface area contributed by atoms with Gasteiger partial charge in [-0.3, -0.25) is 4.79 Å². The number of alkyl halides is 1. The van der Waals surface area contributed by atoms with E-state index in [1.165, 1.54) is 0 Å². The maximum Gasteiger partial charge on any atom is 0.306 e. The number of halogens is 1. The monoisotopic (exact) mass is 220 g/mol. The predicted molar refractivity (Wildman–Crippen MR) is 46.7 cm³/mol. The first-order chi connectivity index (χ1) is 5.10. The van der Waals surface area contributed by atoms with E-state index in [0.717, 1.165) is 12.8 Å². The lowest BCUT2D eigenvalue weighted by Gasteiger charge is -2.18. The number of carbonyl (C=O) groups excluding carboxylic acids is 1. The van der Waals surface area contributed by atoms with Gasteiger partial charge in [-0.2, -0.15) is 0 Å². The molecule has 1 rings (SSSR count). The van der Waals surface area contributed by atoms with Crippen LogP contribution < -0.4 is 0 Å². The molecular formula is C8H13BrO2. The second kappa shape index (κ2) is 3.13. The summed E-state index contributed by atoms with van der Waals surface area (Å²) >= 11 is 3.44. The molecule has 64 valence electrons. The van der Waals surface area contributed by atoms with Crippen molar-refractivity contribution < 1.29 is 9.53 Å². The van der Waals surface area contributed by atoms with Crippen LogP contribution in [-0.2, 0) is 9.53 Å². The normalized spacial score (nSPS) is 22.5. The van der Waals surface area contributed by atoms with E-state index < -0.39 is 0 Å². The van der Waals surface area contributed by atoms with Gasteiger partial charge in [0.05, 0.1) is 4.83 Å². The van der Waals surface area contributed by atoms with Crippen molar-refractivity contribution in [2.45, 2.75) is 43.5 Å². The highest BCUT2D eigenvalue weighted by molar-refractivity contribution is 9.09. The number of hydrogen-bond acceptors (Lipinski definition) is 2. The van der Waals surface area contributed by atoms with Crippen LogP contribution in [0.4, 0.5) is 0 Å². The summed E-state index contributed by atoms with van der Waals surface area (Å²) in [5, 5.41) is 0. The highest BCUT2D eigenvalue weighted by Gasteiger charge is 2.50. The Kier molecular flexibility index (Phi) is 2.58. The number of carbonyl (C=O) groups is 1. The standard InChI is InChI=1S/C8H13BrO2/c1-3-7(10)11-8(4-5-8)6(2)9/h6H,3-5H2,1-2H3. The number of ether oxygens (including phenoxy) is 1. The summed E-state index contributed by atoms with van der Waals surface area (Å²) < 4.78 is 5.27. The molecule has 1 atom stereocenters. The Hall–Kier alpha value is -0.0500. The number of rotatable bonds is 3. The van der Waals surface area contributed by atoms with Crippen LogP contribution in [0.1, 0.15) is 33.1 Å². The molecule has 0 aromatic heterocycles. The molecule has 3 heteroatoms. The van der Waals surface area contributed by atoms with Gasteiger partial charge < -0.3 is 4.74 Å². The molecule has 0 bridgehead atoms. The summed E-state index contributed by atoms with van der Waals surface area (Å²) in [4.78, 5) is 11.2. The molecule has 1 aliphatic rings. The Morgan fingerprint density at radius 2 is 2.27 bits per heavy atom. The van der Waals surface area contributed by atoms with E-state index >= 15 is 0 Å². The van der Waals surface area contributed by atoms with Gasteiger partial charge in [-0.1, -0.05) is 22.9 Å². The Bertz CT molecular complexity index is 161. The molecule has 0 spiro atoms. The van der Waals surface area contributed by atoms with Crippen LogP contribution in [-0.4, -0.2) is 16.4 Å². The highest BCUT2D eigenvalue weighted by Crippen LogP contribution is 2.45. The Morgan fingerprint density at radius 1 is 1.73 bits per heavy atom. The highest BCUT2D eigenvalue weighted by atomic mass is 79.9. The molecule has 1 aliphatic carbocycles. The molecule has 2 nitrogen and oxygen atoms in total. The summed E-state index contributed by atoms with van der Waals surface area (Å²) in [6, 6.07) is 0. The number of esters is 1. The smallest absolute Gasteiger partial charge is 0.306 e. The van der Waals surface area contributed by atoms with E-state index in [0.29, 0.717) is 6.42 Å². The Morgan fingerprint density at radius 3 is 2.55 bits per heavy atom. The molecule has 0 aliphatic heterocycles. The molecule has 1 unspecified atom stereocenters. The van der Waals surface area contributed by atoms with E-state index in [1.807, 2.05) is 13.8 Å². The van der Waals surface area contributed by atoms with Crippen molar-refractivity contribution in [3.63, 3.8) is 0 Å². The van der Waals surface area contributed by atoms with Gasteiger partial charge in [0.25, 0.3) is 0 Å². The third kappa shape index (κ3) is 1.95. The van der Waals surface area contributed by atoms with Crippen molar-refractivity contribution in [2.24, 2.45) is 0 Å². The fourth-order valence-electron chi connectivity index (χ4n) is 1.00. The van der Waals surface area contributed by atoms with Crippen LogP contribution in [0.5, 0.6) is 0 Å². The summed E-state index contributed by atoms with van der Waals surface area (Å²) in [5.41, 5.74) is -0.160. The molecule has 0 aromatic carbocycles. The van der Waals surface area contributed by atoms with Crippen LogP contribution in [0.2, 0.25) is 0 Å². The second-order valence-corrected chi connectivity index (χ2v) is 4.38. The lowest BCUT2D eigenvalue weighted by molar-refractivity contribution is -0.150. The topological polar surface area (TPSA) is 26.3 Å². The largest absolute Gasteiger partial charge is 0.458 e. The maximum atomic E-state index is 10.9. The molecule has 0 aromatic rings. The second-order valence-electron chi connectivity index (χ2n) is 3.01. The van der Waals surface area contributed by atoms with Gasteiger partial charge in [0.15, 0.2) is 0 Å². The zero-order valence-corrected chi connectivity index (χ0v) is 8.48. The van der Waals surface area contributed by atoms with Crippen molar-refractivity contribution in [2.75, 3.05) is 0 Å². The van der Waals surface area contributed by atoms with Gasteiger partial charge in [0, 0.05) is 6.42 Å². The molecule has 0 saturated heterocycles. The minimum absolute atomic E-state index is 0.0891. The molecule has 0 heterocycles. The summed E-state index contributed by atoms with van der Waals surface area (Å²) in [6.45, 7) is 3.84. The predicted octanol–water partition coefficient (Wildman–Crippen LogP) is 2.26. The van der Waals surface area contributed by atoms with Gasteiger partial charge in [-0.25, -0.2) is 0 Å². The molecule has 1 fully saturated rings. The van der Waals surface area contributed by atoms with Crippen molar-refractivity contribution in [1.82, 2.24) is 0 Å². The van der Waals surface area contributed by atoms with E-state index in [1.54, 1.807) is 0 Å². The van der Waals surface area contributed by atoms with Crippen molar-refractivity contribution in [3.05, 3.63) is 0 Å². The average molecular weight is 221 g/mol. The number of hydrogen-bond donors (Lipinski definition) is 0. The molecule has 11 heavy (non-hydrogen) atoms. The summed E-state index contributed by atoms with van der Waals surface area (Å²) in [6.07, 6.45) is 2.48. The zero-order chi connectivity index (χ0) is 8.48. The average Bonchev–Trinajstić information content (AvgIpc) is 2.69. The lowest BCUT2D eigenvalue weighted by atomic mass is 10.2. The van der Waals surface area contributed by atoms with Crippen molar-refractivity contribution in [3.8, 4) is 0 Å². The first-order valence-corrected chi connectivity index (χ1v) is 4.88. The molecular weight excluding hydrogens is 208 g/mol. The minimum Gasteiger partial charge on any atom is -0.458 e. The lowest BCUT2D eigenvalue weighted by Crippen LogP contribution is -2.26. The van der Waals surface area contributed by atoms with E-state index in [9.17, 15) is 4.79 Å². The van der Waals surface area contributed by atoms with Crippen LogP contribution in [0.3, 0.4) is 0 Å².